The third-order valence-electron chi connectivity index (χ3n) is 5.28. The second kappa shape index (κ2) is 7.79. The second-order valence-corrected chi connectivity index (χ2v) is 9.08. The highest BCUT2D eigenvalue weighted by Crippen LogP contribution is 2.37. The number of fused-ring (bicyclic) bond motifs is 1. The maximum absolute atomic E-state index is 13.4. The fourth-order valence-electron chi connectivity index (χ4n) is 3.69. The van der Waals surface area contributed by atoms with Crippen molar-refractivity contribution in [1.82, 2.24) is 4.98 Å². The summed E-state index contributed by atoms with van der Waals surface area (Å²) in [5.74, 6) is -0.113. The number of anilines is 1. The Kier molecular flexibility index (Phi) is 4.95. The van der Waals surface area contributed by atoms with E-state index in [0.29, 0.717) is 31.9 Å². The molecule has 3 aromatic carbocycles. The fraction of sp³-hybridized carbons (Fsp3) is 0.174. The minimum absolute atomic E-state index is 0.0406. The Morgan fingerprint density at radius 3 is 2.39 bits per heavy atom. The van der Waals surface area contributed by atoms with Crippen molar-refractivity contribution < 1.29 is 22.0 Å². The Morgan fingerprint density at radius 2 is 1.61 bits per heavy atom. The van der Waals surface area contributed by atoms with Crippen molar-refractivity contribution in [2.24, 2.45) is 0 Å². The number of benzene rings is 3. The molecule has 0 bridgehead atoms. The van der Waals surface area contributed by atoms with Crippen LogP contribution in [-0.2, 0) is 14.6 Å². The van der Waals surface area contributed by atoms with Crippen molar-refractivity contribution in [3.8, 4) is 11.5 Å². The van der Waals surface area contributed by atoms with Gasteiger partial charge in [0.1, 0.15) is 5.82 Å². The van der Waals surface area contributed by atoms with Crippen LogP contribution in [0, 0.1) is 5.82 Å². The van der Waals surface area contributed by atoms with Gasteiger partial charge in [-0.2, -0.15) is 4.98 Å². The second-order valence-electron chi connectivity index (χ2n) is 7.21. The van der Waals surface area contributed by atoms with E-state index in [-0.39, 0.29) is 21.7 Å². The topological polar surface area (TPSA) is 72.6 Å². The molecule has 0 amide bonds. The van der Waals surface area contributed by atoms with Crippen LogP contribution in [0.5, 0.6) is 0 Å². The van der Waals surface area contributed by atoms with E-state index in [1.165, 1.54) is 12.1 Å². The van der Waals surface area contributed by atoms with Crippen molar-refractivity contribution in [2.75, 3.05) is 31.2 Å². The van der Waals surface area contributed by atoms with Gasteiger partial charge in [0.05, 0.1) is 18.1 Å². The summed E-state index contributed by atoms with van der Waals surface area (Å²) in [5, 5.41) is 1.73. The Labute approximate surface area is 178 Å². The Morgan fingerprint density at radius 1 is 0.903 bits per heavy atom. The zero-order valence-electron chi connectivity index (χ0n) is 16.5. The largest absolute Gasteiger partial charge is 0.419 e. The van der Waals surface area contributed by atoms with Gasteiger partial charge in [0, 0.05) is 18.7 Å². The van der Waals surface area contributed by atoms with Gasteiger partial charge in [-0.25, -0.2) is 12.8 Å². The van der Waals surface area contributed by atoms with Crippen LogP contribution in [0.2, 0.25) is 0 Å². The first kappa shape index (κ1) is 19.7. The monoisotopic (exact) mass is 438 g/mol. The van der Waals surface area contributed by atoms with Crippen LogP contribution < -0.4 is 4.90 Å². The Bertz CT molecular complexity index is 1340. The van der Waals surface area contributed by atoms with Crippen LogP contribution in [0.3, 0.4) is 0 Å². The normalized spacial score (nSPS) is 14.8. The third-order valence-corrected chi connectivity index (χ3v) is 6.94. The summed E-state index contributed by atoms with van der Waals surface area (Å²) < 4.78 is 51.7. The number of hydrogen-bond acceptors (Lipinski definition) is 6. The third kappa shape index (κ3) is 3.58. The van der Waals surface area contributed by atoms with E-state index in [1.54, 1.807) is 0 Å². The zero-order chi connectivity index (χ0) is 21.4. The number of morpholine rings is 1. The van der Waals surface area contributed by atoms with E-state index in [1.807, 2.05) is 47.4 Å². The first-order valence-electron chi connectivity index (χ1n) is 9.86. The minimum atomic E-state index is -4.03. The number of nitrogens with zero attached hydrogens (tertiary/aromatic N) is 2. The van der Waals surface area contributed by atoms with Gasteiger partial charge in [-0.05, 0) is 41.1 Å². The molecule has 0 unspecified atom stereocenters. The summed E-state index contributed by atoms with van der Waals surface area (Å²) >= 11 is 0. The summed E-state index contributed by atoms with van der Waals surface area (Å²) in [6.07, 6.45) is 0. The van der Waals surface area contributed by atoms with Crippen LogP contribution >= 0.6 is 0 Å². The first-order chi connectivity index (χ1) is 15.0. The molecule has 6 nitrogen and oxygen atoms in total. The molecule has 8 heteroatoms. The van der Waals surface area contributed by atoms with E-state index < -0.39 is 15.7 Å². The molecular weight excluding hydrogens is 419 g/mol. The van der Waals surface area contributed by atoms with Crippen LogP contribution in [-0.4, -0.2) is 39.7 Å². The van der Waals surface area contributed by atoms with Crippen LogP contribution in [0.4, 0.5) is 10.3 Å². The summed E-state index contributed by atoms with van der Waals surface area (Å²) in [6, 6.07) is 18.2. The molecule has 0 aliphatic carbocycles. The van der Waals surface area contributed by atoms with E-state index in [4.69, 9.17) is 9.15 Å². The number of sulfone groups is 1. The smallest absolute Gasteiger partial charge is 0.236 e. The predicted octanol–water partition coefficient (Wildman–Crippen LogP) is 4.30. The molecule has 0 N–H and O–H groups in total. The highest BCUT2D eigenvalue weighted by molar-refractivity contribution is 7.91. The van der Waals surface area contributed by atoms with Gasteiger partial charge in [-0.15, -0.1) is 0 Å². The van der Waals surface area contributed by atoms with Crippen molar-refractivity contribution in [3.05, 3.63) is 72.5 Å². The molecule has 0 spiro atoms. The molecule has 158 valence electrons. The zero-order valence-corrected chi connectivity index (χ0v) is 17.3. The van der Waals surface area contributed by atoms with E-state index in [2.05, 4.69) is 4.98 Å². The standard InChI is InChI=1S/C23H19FN2O4S/c24-17-8-10-18(11-9-17)31(27,28)22-23(26-12-14-29-15-13-26)30-21(25-22)20-7-3-5-16-4-1-2-6-19(16)20/h1-11H,12-15H2. The van der Waals surface area contributed by atoms with Gasteiger partial charge in [-0.1, -0.05) is 36.4 Å². The number of aromatic nitrogens is 1. The van der Waals surface area contributed by atoms with Crippen LogP contribution in [0.15, 0.2) is 81.1 Å². The molecule has 0 saturated carbocycles. The summed E-state index contributed by atoms with van der Waals surface area (Å²) in [7, 11) is -4.03. The number of halogens is 1. The van der Waals surface area contributed by atoms with Crippen molar-refractivity contribution in [3.63, 3.8) is 0 Å². The predicted molar refractivity (Wildman–Crippen MR) is 114 cm³/mol. The molecule has 4 aromatic rings. The SMILES string of the molecule is O=S(=O)(c1ccc(F)cc1)c1nc(-c2cccc3ccccc23)oc1N1CCOCC1. The van der Waals surface area contributed by atoms with E-state index in [9.17, 15) is 12.8 Å². The summed E-state index contributed by atoms with van der Waals surface area (Å²) in [4.78, 5) is 6.23. The molecule has 1 aliphatic heterocycles. The molecule has 31 heavy (non-hydrogen) atoms. The molecule has 1 aliphatic rings. The number of ether oxygens (including phenoxy) is 1. The van der Waals surface area contributed by atoms with Crippen LogP contribution in [0.25, 0.3) is 22.2 Å². The number of rotatable bonds is 4. The van der Waals surface area contributed by atoms with E-state index in [0.717, 1.165) is 22.9 Å². The first-order valence-corrected chi connectivity index (χ1v) is 11.3. The van der Waals surface area contributed by atoms with Crippen molar-refractivity contribution in [1.29, 1.82) is 0 Å². The lowest BCUT2D eigenvalue weighted by Gasteiger charge is -2.26. The quantitative estimate of drug-likeness (QED) is 0.442. The average Bonchev–Trinajstić information content (AvgIpc) is 3.26. The van der Waals surface area contributed by atoms with Gasteiger partial charge in [0.2, 0.25) is 26.6 Å². The van der Waals surface area contributed by atoms with Gasteiger partial charge >= 0.3 is 0 Å². The van der Waals surface area contributed by atoms with Gasteiger partial charge < -0.3 is 14.1 Å². The highest BCUT2D eigenvalue weighted by Gasteiger charge is 2.32. The summed E-state index contributed by atoms with van der Waals surface area (Å²) in [6.45, 7) is 1.88. The average molecular weight is 438 g/mol. The summed E-state index contributed by atoms with van der Waals surface area (Å²) in [5.41, 5.74) is 0.702. The maximum Gasteiger partial charge on any atom is 0.236 e. The van der Waals surface area contributed by atoms with Gasteiger partial charge in [0.15, 0.2) is 0 Å². The maximum atomic E-state index is 13.4. The minimum Gasteiger partial charge on any atom is -0.419 e. The number of hydrogen-bond donors (Lipinski definition) is 0. The molecule has 0 radical (unpaired) electrons. The number of oxazole rings is 1. The lowest BCUT2D eigenvalue weighted by Crippen LogP contribution is -2.36. The fourth-order valence-corrected chi connectivity index (χ4v) is 5.01. The molecule has 1 fully saturated rings. The molecule has 1 aromatic heterocycles. The Balaban J connectivity index is 1.70. The van der Waals surface area contributed by atoms with Crippen molar-refractivity contribution >= 4 is 26.5 Å². The van der Waals surface area contributed by atoms with Gasteiger partial charge in [0.25, 0.3) is 0 Å². The van der Waals surface area contributed by atoms with E-state index >= 15 is 0 Å². The lowest BCUT2D eigenvalue weighted by atomic mass is 10.0. The molecule has 5 rings (SSSR count). The van der Waals surface area contributed by atoms with Crippen LogP contribution in [0.1, 0.15) is 0 Å². The molecular formula is C23H19FN2O4S. The van der Waals surface area contributed by atoms with Crippen molar-refractivity contribution in [2.45, 2.75) is 9.92 Å². The lowest BCUT2D eigenvalue weighted by molar-refractivity contribution is 0.120. The highest BCUT2D eigenvalue weighted by atomic mass is 32.2. The molecule has 0 atom stereocenters. The molecule has 2 heterocycles. The Hall–Kier alpha value is -3.23. The van der Waals surface area contributed by atoms with Gasteiger partial charge in [-0.3, -0.25) is 0 Å². The molecule has 1 saturated heterocycles.